The molecule has 1 heterocycles. The van der Waals surface area contributed by atoms with Crippen molar-refractivity contribution in [2.45, 2.75) is 12.5 Å². The number of nitrogens with two attached hydrogens (primary N) is 1. The van der Waals surface area contributed by atoms with Crippen LogP contribution in [-0.4, -0.2) is 19.3 Å². The van der Waals surface area contributed by atoms with Crippen LogP contribution >= 0.6 is 0 Å². The van der Waals surface area contributed by atoms with Crippen molar-refractivity contribution in [2.75, 3.05) is 13.2 Å². The topological polar surface area (TPSA) is 35.2 Å². The van der Waals surface area contributed by atoms with E-state index in [4.69, 9.17) is 10.5 Å². The van der Waals surface area contributed by atoms with Crippen LogP contribution in [0.25, 0.3) is 0 Å². The van der Waals surface area contributed by atoms with Gasteiger partial charge in [-0.2, -0.15) is 0 Å². The molecule has 1 rings (SSSR count). The molecule has 38 valence electrons. The summed E-state index contributed by atoms with van der Waals surface area (Å²) >= 11 is 0. The Hall–Kier alpha value is -0.0800. The Kier molecular flexibility index (Phi) is 1.08. The Bertz CT molecular complexity index is 45.0. The van der Waals surface area contributed by atoms with Gasteiger partial charge in [0.25, 0.3) is 0 Å². The monoisotopic (exact) mass is 89.1 g/mol. The Balaban J connectivity index is 0.000000360. The van der Waals surface area contributed by atoms with Crippen LogP contribution in [0.5, 0.6) is 0 Å². The van der Waals surface area contributed by atoms with Crippen LogP contribution in [0.4, 0.5) is 0 Å². The molecular weight excluding hydrogens is 78.0 g/mol. The van der Waals surface area contributed by atoms with E-state index in [0.29, 0.717) is 6.04 Å². The van der Waals surface area contributed by atoms with E-state index in [1.54, 1.807) is 0 Å². The third kappa shape index (κ3) is 0.698. The normalized spacial score (nSPS) is 34.5. The van der Waals surface area contributed by atoms with E-state index >= 15 is 0 Å². The van der Waals surface area contributed by atoms with Crippen LogP contribution in [0.3, 0.4) is 0 Å². The van der Waals surface area contributed by atoms with Crippen molar-refractivity contribution < 1.29 is 6.16 Å². The second-order valence-corrected chi connectivity index (χ2v) is 1.62. The highest BCUT2D eigenvalue weighted by Gasteiger charge is 2.07. The fourth-order valence-electron chi connectivity index (χ4n) is 0.553. The van der Waals surface area contributed by atoms with Gasteiger partial charge < -0.3 is 10.5 Å². The van der Waals surface area contributed by atoms with Crippen LogP contribution in [0, 0.1) is 0 Å². The van der Waals surface area contributed by atoms with E-state index in [1.807, 2.05) is 0 Å². The summed E-state index contributed by atoms with van der Waals surface area (Å²) in [7, 11) is 0. The number of hydrogen-bond acceptors (Lipinski definition) is 2. The summed E-state index contributed by atoms with van der Waals surface area (Å²) in [6.07, 6.45) is 1.04. The second-order valence-electron chi connectivity index (χ2n) is 1.62. The Morgan fingerprint density at radius 2 is 2.67 bits per heavy atom. The summed E-state index contributed by atoms with van der Waals surface area (Å²) in [4.78, 5) is 0. The predicted molar refractivity (Wildman–Crippen MR) is 25.5 cm³/mol. The Morgan fingerprint density at radius 1 is 1.83 bits per heavy atom. The first kappa shape index (κ1) is 4.09. The van der Waals surface area contributed by atoms with Gasteiger partial charge in [-0.3, -0.25) is 0 Å². The molecule has 0 aromatic rings. The van der Waals surface area contributed by atoms with Gasteiger partial charge in [-0.25, -0.2) is 0 Å². The molecule has 2 heteroatoms. The molecule has 0 unspecified atom stereocenters. The fraction of sp³-hybridized carbons (Fsp3) is 1.00. The maximum Gasteiger partial charge on any atom is 0.0618 e. The minimum absolute atomic E-state index is 0. The summed E-state index contributed by atoms with van der Waals surface area (Å²) in [5.41, 5.74) is 5.41. The molecule has 6 heavy (non-hydrogen) atoms. The van der Waals surface area contributed by atoms with Gasteiger partial charge in [0, 0.05) is 14.1 Å². The van der Waals surface area contributed by atoms with E-state index < -0.39 is 0 Å². The molecule has 0 amide bonds. The molecule has 1 atom stereocenters. The lowest BCUT2D eigenvalue weighted by Gasteiger charge is -1.90. The van der Waals surface area contributed by atoms with Gasteiger partial charge in [-0.05, 0) is 6.42 Å². The Morgan fingerprint density at radius 3 is 2.83 bits per heavy atom. The molecule has 0 aromatic carbocycles. The quantitative estimate of drug-likeness (QED) is 0.452. The van der Waals surface area contributed by atoms with Crippen molar-refractivity contribution in [3.05, 3.63) is 0 Å². The number of hydrogen-bond donors (Lipinski definition) is 1. The van der Waals surface area contributed by atoms with Gasteiger partial charge in [-0.1, -0.05) is 0 Å². The van der Waals surface area contributed by atoms with Gasteiger partial charge in [-0.15, -0.1) is 0 Å². The maximum atomic E-state index is 5.41. The molecule has 0 saturated carbocycles. The molecule has 0 spiro atoms. The lowest BCUT2D eigenvalue weighted by molar-refractivity contribution is 0.194. The van der Waals surface area contributed by atoms with Crippen LogP contribution in [0.1, 0.15) is 7.85 Å². The molecule has 0 aromatic heterocycles. The number of rotatable bonds is 0. The highest BCUT2D eigenvalue weighted by molar-refractivity contribution is 4.64. The highest BCUT2D eigenvalue weighted by atomic mass is 16.5. The van der Waals surface area contributed by atoms with Gasteiger partial charge in [0.2, 0.25) is 0 Å². The van der Waals surface area contributed by atoms with E-state index in [2.05, 4.69) is 0 Å². The zero-order chi connectivity index (χ0) is 4.41. The zero-order valence-corrected chi connectivity index (χ0v) is 3.68. The van der Waals surface area contributed by atoms with Gasteiger partial charge in [0.15, 0.2) is 0 Å². The molecule has 2 N–H and O–H groups in total. The van der Waals surface area contributed by atoms with Crippen molar-refractivity contribution >= 4 is 0 Å². The van der Waals surface area contributed by atoms with Crippen molar-refractivity contribution in [2.24, 2.45) is 5.73 Å². The maximum absolute atomic E-state index is 5.41. The molecule has 0 aliphatic carbocycles. The largest absolute Gasteiger partial charge is 0.380 e. The SMILES string of the molecule is N[C@@H]1CCOC1.[HH]. The summed E-state index contributed by atoms with van der Waals surface area (Å²) in [5.74, 6) is 0. The average Bonchev–Trinajstić information content (AvgIpc) is 1.86. The molecule has 2 nitrogen and oxygen atoms in total. The minimum Gasteiger partial charge on any atom is -0.380 e. The number of ether oxygens (including phenoxy) is 1. The first-order valence-corrected chi connectivity index (χ1v) is 2.23. The third-order valence-corrected chi connectivity index (χ3v) is 0.965. The van der Waals surface area contributed by atoms with Crippen molar-refractivity contribution in [1.29, 1.82) is 0 Å². The molecule has 1 saturated heterocycles. The van der Waals surface area contributed by atoms with Crippen molar-refractivity contribution in [3.63, 3.8) is 0 Å². The zero-order valence-electron chi connectivity index (χ0n) is 3.68. The molecule has 1 aliphatic rings. The van der Waals surface area contributed by atoms with Crippen molar-refractivity contribution in [1.82, 2.24) is 0 Å². The van der Waals surface area contributed by atoms with E-state index in [-0.39, 0.29) is 1.43 Å². The third-order valence-electron chi connectivity index (χ3n) is 0.965. The summed E-state index contributed by atoms with van der Waals surface area (Å²) in [6.45, 7) is 1.63. The van der Waals surface area contributed by atoms with Crippen LogP contribution < -0.4 is 5.73 Å². The summed E-state index contributed by atoms with van der Waals surface area (Å²) in [6, 6.07) is 0.324. The fourth-order valence-corrected chi connectivity index (χ4v) is 0.553. The van der Waals surface area contributed by atoms with E-state index in [1.165, 1.54) is 0 Å². The highest BCUT2D eigenvalue weighted by Crippen LogP contribution is 1.98. The Labute approximate surface area is 38.8 Å². The predicted octanol–water partition coefficient (Wildman–Crippen LogP) is -0.0200. The second kappa shape index (κ2) is 1.58. The minimum atomic E-state index is 0. The lowest BCUT2D eigenvalue weighted by Crippen LogP contribution is -2.18. The molecular formula is C4H11NO. The average molecular weight is 89.1 g/mol. The molecule has 0 radical (unpaired) electrons. The standard InChI is InChI=1S/C4H9NO.H2/c5-4-1-2-6-3-4;/h4H,1-3,5H2;1H/t4-;/m1./s1. The van der Waals surface area contributed by atoms with Gasteiger partial charge in [0.05, 0.1) is 6.61 Å². The van der Waals surface area contributed by atoms with Gasteiger partial charge >= 0.3 is 0 Å². The van der Waals surface area contributed by atoms with E-state index in [9.17, 15) is 0 Å². The lowest BCUT2D eigenvalue weighted by atomic mass is 10.3. The van der Waals surface area contributed by atoms with E-state index in [0.717, 1.165) is 19.6 Å². The molecule has 1 aliphatic heterocycles. The first-order valence-electron chi connectivity index (χ1n) is 2.23. The summed E-state index contributed by atoms with van der Waals surface area (Å²) in [5, 5.41) is 0. The van der Waals surface area contributed by atoms with Crippen molar-refractivity contribution in [3.8, 4) is 0 Å². The van der Waals surface area contributed by atoms with Gasteiger partial charge in [0.1, 0.15) is 0 Å². The first-order chi connectivity index (χ1) is 2.89. The van der Waals surface area contributed by atoms with Crippen LogP contribution in [-0.2, 0) is 4.74 Å². The molecule has 0 bridgehead atoms. The van der Waals surface area contributed by atoms with Crippen LogP contribution in [0.2, 0.25) is 0 Å². The smallest absolute Gasteiger partial charge is 0.0618 e. The summed E-state index contributed by atoms with van der Waals surface area (Å²) < 4.78 is 4.93. The van der Waals surface area contributed by atoms with Crippen LogP contribution in [0.15, 0.2) is 0 Å². The molecule has 1 fully saturated rings.